The second-order valence-electron chi connectivity index (χ2n) is 4.28. The van der Waals surface area contributed by atoms with Gasteiger partial charge in [0.05, 0.1) is 11.4 Å². The number of aliphatic carboxylic acids is 1. The Morgan fingerprint density at radius 2 is 2.22 bits per heavy atom. The van der Waals surface area contributed by atoms with Crippen LogP contribution in [0.15, 0.2) is 28.9 Å². The monoisotopic (exact) mass is 308 g/mol. The van der Waals surface area contributed by atoms with Crippen molar-refractivity contribution < 1.29 is 9.90 Å². The Balaban J connectivity index is 2.68. The summed E-state index contributed by atoms with van der Waals surface area (Å²) in [6.45, 7) is 4.07. The maximum absolute atomic E-state index is 10.7. The van der Waals surface area contributed by atoms with E-state index in [4.69, 9.17) is 5.11 Å². The lowest BCUT2D eigenvalue weighted by Gasteiger charge is -2.02. The van der Waals surface area contributed by atoms with Crippen molar-refractivity contribution in [1.29, 1.82) is 0 Å². The fourth-order valence-electron chi connectivity index (χ4n) is 1.80. The highest BCUT2D eigenvalue weighted by Crippen LogP contribution is 2.23. The molecule has 0 unspecified atom stereocenters. The minimum Gasteiger partial charge on any atom is -0.478 e. The summed E-state index contributed by atoms with van der Waals surface area (Å²) in [4.78, 5) is 15.2. The highest BCUT2D eigenvalue weighted by atomic mass is 79.9. The van der Waals surface area contributed by atoms with Crippen molar-refractivity contribution in [3.8, 4) is 0 Å². The lowest BCUT2D eigenvalue weighted by Crippen LogP contribution is -1.94. The number of aromatic nitrogens is 2. The molecule has 0 bridgehead atoms. The third kappa shape index (κ3) is 2.46. The highest BCUT2D eigenvalue weighted by molar-refractivity contribution is 9.10. The molecule has 2 aromatic rings. The van der Waals surface area contributed by atoms with Crippen LogP contribution in [0, 0.1) is 0 Å². The van der Waals surface area contributed by atoms with E-state index in [0.717, 1.165) is 27.6 Å². The van der Waals surface area contributed by atoms with Gasteiger partial charge in [0, 0.05) is 16.7 Å². The molecule has 0 fully saturated rings. The Morgan fingerprint density at radius 1 is 1.50 bits per heavy atom. The van der Waals surface area contributed by atoms with E-state index in [1.54, 1.807) is 6.08 Å². The lowest BCUT2D eigenvalue weighted by atomic mass is 10.1. The molecule has 18 heavy (non-hydrogen) atoms. The van der Waals surface area contributed by atoms with Gasteiger partial charge in [-0.3, -0.25) is 4.40 Å². The van der Waals surface area contributed by atoms with Crippen molar-refractivity contribution in [1.82, 2.24) is 9.38 Å². The number of pyridine rings is 1. The second kappa shape index (κ2) is 4.94. The van der Waals surface area contributed by atoms with Gasteiger partial charge in [-0.05, 0) is 40.1 Å². The van der Waals surface area contributed by atoms with Crippen molar-refractivity contribution >= 4 is 33.6 Å². The van der Waals surface area contributed by atoms with E-state index >= 15 is 0 Å². The quantitative estimate of drug-likeness (QED) is 0.885. The fraction of sp³-hybridized carbons (Fsp3) is 0.231. The molecular formula is C13H13BrN2O2. The van der Waals surface area contributed by atoms with Gasteiger partial charge in [0.1, 0.15) is 5.65 Å². The Labute approximate surface area is 113 Å². The van der Waals surface area contributed by atoms with Crippen LogP contribution >= 0.6 is 15.9 Å². The molecule has 2 heterocycles. The number of carboxylic acids is 1. The van der Waals surface area contributed by atoms with Crippen LogP contribution in [0.1, 0.15) is 31.2 Å². The second-order valence-corrected chi connectivity index (χ2v) is 5.20. The molecule has 94 valence electrons. The van der Waals surface area contributed by atoms with Crippen LogP contribution in [-0.2, 0) is 4.79 Å². The van der Waals surface area contributed by atoms with Crippen molar-refractivity contribution in [3.63, 3.8) is 0 Å². The van der Waals surface area contributed by atoms with Gasteiger partial charge in [0.2, 0.25) is 0 Å². The molecule has 0 aromatic carbocycles. The third-order valence-electron chi connectivity index (χ3n) is 2.58. The molecule has 2 aromatic heterocycles. The minimum atomic E-state index is -0.963. The number of carboxylic acid groups (broad SMARTS) is 1. The molecule has 0 saturated heterocycles. The van der Waals surface area contributed by atoms with E-state index < -0.39 is 5.97 Å². The Morgan fingerprint density at radius 3 is 2.83 bits per heavy atom. The topological polar surface area (TPSA) is 54.6 Å². The zero-order chi connectivity index (χ0) is 13.3. The average Bonchev–Trinajstić information content (AvgIpc) is 2.64. The van der Waals surface area contributed by atoms with Gasteiger partial charge >= 0.3 is 5.97 Å². The SMILES string of the molecule is CC(C)c1nc2ccc(Br)cn2c1/C=C/C(=O)O. The first-order valence-corrected chi connectivity index (χ1v) is 6.37. The molecule has 0 spiro atoms. The van der Waals surface area contributed by atoms with Crippen LogP contribution in [0.3, 0.4) is 0 Å². The molecule has 1 N–H and O–H groups in total. The molecule has 0 aliphatic rings. The van der Waals surface area contributed by atoms with Gasteiger partial charge in [-0.15, -0.1) is 0 Å². The summed E-state index contributed by atoms with van der Waals surface area (Å²) >= 11 is 3.40. The summed E-state index contributed by atoms with van der Waals surface area (Å²) < 4.78 is 2.81. The molecule has 2 rings (SSSR count). The van der Waals surface area contributed by atoms with Gasteiger partial charge in [0.15, 0.2) is 0 Å². The van der Waals surface area contributed by atoms with Crippen molar-refractivity contribution in [2.45, 2.75) is 19.8 Å². The molecular weight excluding hydrogens is 296 g/mol. The Bertz CT molecular complexity index is 629. The largest absolute Gasteiger partial charge is 0.478 e. The number of nitrogens with zero attached hydrogens (tertiary/aromatic N) is 2. The van der Waals surface area contributed by atoms with Crippen LogP contribution in [0.25, 0.3) is 11.7 Å². The first kappa shape index (κ1) is 12.8. The van der Waals surface area contributed by atoms with Gasteiger partial charge < -0.3 is 5.11 Å². The molecule has 0 atom stereocenters. The third-order valence-corrected chi connectivity index (χ3v) is 3.05. The van der Waals surface area contributed by atoms with E-state index in [-0.39, 0.29) is 5.92 Å². The maximum Gasteiger partial charge on any atom is 0.328 e. The predicted molar refractivity (Wildman–Crippen MR) is 73.7 cm³/mol. The van der Waals surface area contributed by atoms with E-state index in [0.29, 0.717) is 0 Å². The first-order valence-electron chi connectivity index (χ1n) is 5.57. The molecule has 0 aliphatic carbocycles. The Kier molecular flexibility index (Phi) is 3.52. The molecule has 0 aliphatic heterocycles. The number of rotatable bonds is 3. The van der Waals surface area contributed by atoms with Crippen LogP contribution < -0.4 is 0 Å². The molecule has 4 nitrogen and oxygen atoms in total. The van der Waals surface area contributed by atoms with E-state index in [9.17, 15) is 4.79 Å². The maximum atomic E-state index is 10.7. The smallest absolute Gasteiger partial charge is 0.328 e. The van der Waals surface area contributed by atoms with Crippen LogP contribution in [0.4, 0.5) is 0 Å². The van der Waals surface area contributed by atoms with Crippen molar-refractivity contribution in [2.75, 3.05) is 0 Å². The summed E-state index contributed by atoms with van der Waals surface area (Å²) in [5.74, 6) is -0.730. The zero-order valence-electron chi connectivity index (χ0n) is 10.1. The van der Waals surface area contributed by atoms with E-state index in [2.05, 4.69) is 20.9 Å². The lowest BCUT2D eigenvalue weighted by molar-refractivity contribution is -0.131. The van der Waals surface area contributed by atoms with Gasteiger partial charge in [-0.2, -0.15) is 0 Å². The summed E-state index contributed by atoms with van der Waals surface area (Å²) in [5, 5.41) is 8.74. The van der Waals surface area contributed by atoms with Crippen molar-refractivity contribution in [2.24, 2.45) is 0 Å². The van der Waals surface area contributed by atoms with Gasteiger partial charge in [-0.1, -0.05) is 13.8 Å². The van der Waals surface area contributed by atoms with Crippen LogP contribution in [-0.4, -0.2) is 20.5 Å². The number of fused-ring (bicyclic) bond motifs is 1. The highest BCUT2D eigenvalue weighted by Gasteiger charge is 2.13. The molecule has 0 radical (unpaired) electrons. The average molecular weight is 309 g/mol. The summed E-state index contributed by atoms with van der Waals surface area (Å²) in [6, 6.07) is 3.81. The molecule has 5 heteroatoms. The van der Waals surface area contributed by atoms with Gasteiger partial charge in [-0.25, -0.2) is 9.78 Å². The predicted octanol–water partition coefficient (Wildman–Crippen LogP) is 3.32. The Hall–Kier alpha value is -1.62. The normalized spacial score (nSPS) is 11.8. The standard InChI is InChI=1S/C13H13BrN2O2/c1-8(2)13-10(4-6-12(17)18)16-7-9(14)3-5-11(16)15-13/h3-8H,1-2H3,(H,17,18)/b6-4+. The minimum absolute atomic E-state index is 0.233. The number of halogens is 1. The fourth-order valence-corrected chi connectivity index (χ4v) is 2.13. The van der Waals surface area contributed by atoms with Crippen molar-refractivity contribution in [3.05, 3.63) is 40.3 Å². The molecule has 0 amide bonds. The van der Waals surface area contributed by atoms with Gasteiger partial charge in [0.25, 0.3) is 0 Å². The summed E-state index contributed by atoms with van der Waals surface area (Å²) in [7, 11) is 0. The van der Waals surface area contributed by atoms with Crippen LogP contribution in [0.2, 0.25) is 0 Å². The zero-order valence-corrected chi connectivity index (χ0v) is 11.7. The summed E-state index contributed by atoms with van der Waals surface area (Å²) in [6.07, 6.45) is 4.61. The number of hydrogen-bond acceptors (Lipinski definition) is 2. The van der Waals surface area contributed by atoms with E-state index in [1.807, 2.05) is 36.6 Å². The number of imidazole rings is 1. The van der Waals surface area contributed by atoms with Crippen LogP contribution in [0.5, 0.6) is 0 Å². The number of hydrogen-bond donors (Lipinski definition) is 1. The first-order chi connectivity index (χ1) is 8.49. The summed E-state index contributed by atoms with van der Waals surface area (Å²) in [5.41, 5.74) is 2.52. The number of carbonyl (C=O) groups is 1. The van der Waals surface area contributed by atoms with E-state index in [1.165, 1.54) is 0 Å². The molecule has 0 saturated carbocycles.